The van der Waals surface area contributed by atoms with E-state index in [4.69, 9.17) is 4.74 Å². The molecule has 0 N–H and O–H groups in total. The molecule has 6 heteroatoms. The van der Waals surface area contributed by atoms with Crippen molar-refractivity contribution in [3.8, 4) is 0 Å². The number of hydrogen-bond acceptors (Lipinski definition) is 4. The van der Waals surface area contributed by atoms with Crippen molar-refractivity contribution in [2.45, 2.75) is 43.8 Å². The zero-order valence-corrected chi connectivity index (χ0v) is 13.5. The highest BCUT2D eigenvalue weighted by atomic mass is 32.2. The normalized spacial score (nSPS) is 30.1. The summed E-state index contributed by atoms with van der Waals surface area (Å²) < 4.78 is 30.9. The van der Waals surface area contributed by atoms with Crippen LogP contribution in [0.15, 0.2) is 11.4 Å². The third-order valence-electron chi connectivity index (χ3n) is 4.44. The first-order valence-corrected chi connectivity index (χ1v) is 9.83. The Hall–Kier alpha value is -0.430. The van der Waals surface area contributed by atoms with Crippen LogP contribution in [0.25, 0.3) is 0 Å². The van der Waals surface area contributed by atoms with Crippen LogP contribution in [0.3, 0.4) is 0 Å². The van der Waals surface area contributed by atoms with Crippen LogP contribution in [0.2, 0.25) is 0 Å². The van der Waals surface area contributed by atoms with Gasteiger partial charge in [-0.2, -0.15) is 0 Å². The minimum atomic E-state index is -3.16. The minimum absolute atomic E-state index is 0.115. The molecule has 20 heavy (non-hydrogen) atoms. The fourth-order valence-electron chi connectivity index (χ4n) is 3.25. The zero-order valence-electron chi connectivity index (χ0n) is 11.9. The molecule has 1 fully saturated rings. The van der Waals surface area contributed by atoms with Gasteiger partial charge in [-0.3, -0.25) is 0 Å². The van der Waals surface area contributed by atoms with E-state index in [1.807, 2.05) is 0 Å². The Labute approximate surface area is 124 Å². The molecular formula is C14H21NO3S2. The summed E-state index contributed by atoms with van der Waals surface area (Å²) in [7, 11) is -1.54. The van der Waals surface area contributed by atoms with E-state index in [9.17, 15) is 8.42 Å². The van der Waals surface area contributed by atoms with Gasteiger partial charge in [0.25, 0.3) is 0 Å². The van der Waals surface area contributed by atoms with E-state index in [-0.39, 0.29) is 12.2 Å². The SMILES string of the molecule is CN(C[C@H]1O[C@H]2CCCC[C@H]2c2sccc21)S(C)(=O)=O. The predicted octanol–water partition coefficient (Wildman–Crippen LogP) is 2.74. The Balaban J connectivity index is 1.86. The molecule has 0 amide bonds. The highest BCUT2D eigenvalue weighted by Crippen LogP contribution is 2.47. The zero-order chi connectivity index (χ0) is 14.3. The van der Waals surface area contributed by atoms with Gasteiger partial charge >= 0.3 is 0 Å². The first-order valence-electron chi connectivity index (χ1n) is 7.11. The summed E-state index contributed by atoms with van der Waals surface area (Å²) in [4.78, 5) is 1.42. The molecule has 2 heterocycles. The lowest BCUT2D eigenvalue weighted by Gasteiger charge is -2.40. The predicted molar refractivity (Wildman–Crippen MR) is 80.6 cm³/mol. The van der Waals surface area contributed by atoms with Crippen molar-refractivity contribution < 1.29 is 13.2 Å². The van der Waals surface area contributed by atoms with E-state index in [1.165, 1.54) is 40.3 Å². The second-order valence-electron chi connectivity index (χ2n) is 5.84. The van der Waals surface area contributed by atoms with Crippen molar-refractivity contribution >= 4 is 21.4 Å². The monoisotopic (exact) mass is 315 g/mol. The van der Waals surface area contributed by atoms with Crippen molar-refractivity contribution in [2.24, 2.45) is 0 Å². The number of sulfonamides is 1. The number of fused-ring (bicyclic) bond motifs is 3. The van der Waals surface area contributed by atoms with Crippen LogP contribution in [0.5, 0.6) is 0 Å². The van der Waals surface area contributed by atoms with E-state index < -0.39 is 10.0 Å². The molecule has 0 saturated heterocycles. The van der Waals surface area contributed by atoms with Gasteiger partial charge in [0.05, 0.1) is 18.5 Å². The molecule has 2 aliphatic rings. The molecule has 1 aromatic heterocycles. The topological polar surface area (TPSA) is 46.6 Å². The standard InChI is InChI=1S/C14H21NO3S2/c1-15(20(2,16)17)9-13-11-7-8-19-14(11)10-5-3-4-6-12(10)18-13/h7-8,10,12-13H,3-6,9H2,1-2H3/t10-,12+,13-/m1/s1. The van der Waals surface area contributed by atoms with Crippen molar-refractivity contribution in [1.29, 1.82) is 0 Å². The summed E-state index contributed by atoms with van der Waals surface area (Å²) in [6.45, 7) is 0.409. The lowest BCUT2D eigenvalue weighted by Crippen LogP contribution is -2.38. The minimum Gasteiger partial charge on any atom is -0.368 e. The van der Waals surface area contributed by atoms with Crippen LogP contribution in [0.4, 0.5) is 0 Å². The molecule has 1 saturated carbocycles. The molecule has 0 radical (unpaired) electrons. The molecular weight excluding hydrogens is 294 g/mol. The molecule has 0 unspecified atom stereocenters. The average Bonchev–Trinajstić information content (AvgIpc) is 2.87. The second kappa shape index (κ2) is 5.40. The molecule has 3 atom stereocenters. The first kappa shape index (κ1) is 14.5. The lowest BCUT2D eigenvalue weighted by molar-refractivity contribution is -0.0600. The number of ether oxygens (including phenoxy) is 1. The van der Waals surface area contributed by atoms with Crippen LogP contribution >= 0.6 is 11.3 Å². The number of thiophene rings is 1. The fraction of sp³-hybridized carbons (Fsp3) is 0.714. The number of rotatable bonds is 3. The van der Waals surface area contributed by atoms with Gasteiger partial charge in [0.15, 0.2) is 0 Å². The fourth-order valence-corrected chi connectivity index (χ4v) is 4.80. The first-order chi connectivity index (χ1) is 9.47. The molecule has 0 spiro atoms. The number of nitrogens with zero attached hydrogens (tertiary/aromatic N) is 1. The Morgan fingerprint density at radius 2 is 2.15 bits per heavy atom. The summed E-state index contributed by atoms with van der Waals surface area (Å²) in [5.41, 5.74) is 1.20. The summed E-state index contributed by atoms with van der Waals surface area (Å²) in [5.74, 6) is 0.526. The molecule has 1 aromatic rings. The number of likely N-dealkylation sites (N-methyl/N-ethyl adjacent to an activating group) is 1. The van der Waals surface area contributed by atoms with E-state index in [0.29, 0.717) is 12.5 Å². The average molecular weight is 315 g/mol. The third kappa shape index (κ3) is 2.66. The number of hydrogen-bond donors (Lipinski definition) is 0. The Kier molecular flexibility index (Phi) is 3.92. The lowest BCUT2D eigenvalue weighted by atomic mass is 9.81. The van der Waals surface area contributed by atoms with E-state index in [2.05, 4.69) is 11.4 Å². The molecule has 112 valence electrons. The van der Waals surface area contributed by atoms with Crippen molar-refractivity contribution in [1.82, 2.24) is 4.31 Å². The summed E-state index contributed by atoms with van der Waals surface area (Å²) in [5, 5.41) is 2.11. The highest BCUT2D eigenvalue weighted by Gasteiger charge is 2.38. The Morgan fingerprint density at radius 3 is 2.90 bits per heavy atom. The largest absolute Gasteiger partial charge is 0.368 e. The summed E-state index contributed by atoms with van der Waals surface area (Å²) in [6, 6.07) is 2.10. The van der Waals surface area contributed by atoms with E-state index in [0.717, 1.165) is 6.42 Å². The molecule has 3 rings (SSSR count). The van der Waals surface area contributed by atoms with Gasteiger partial charge in [-0.25, -0.2) is 12.7 Å². The summed E-state index contributed by atoms with van der Waals surface area (Å²) in [6.07, 6.45) is 6.19. The second-order valence-corrected chi connectivity index (χ2v) is 8.87. The van der Waals surface area contributed by atoms with Crippen molar-refractivity contribution in [3.63, 3.8) is 0 Å². The molecule has 1 aliphatic carbocycles. The van der Waals surface area contributed by atoms with Crippen LogP contribution in [0, 0.1) is 0 Å². The van der Waals surface area contributed by atoms with Crippen LogP contribution in [-0.2, 0) is 14.8 Å². The molecule has 1 aliphatic heterocycles. The van der Waals surface area contributed by atoms with Crippen LogP contribution in [0.1, 0.15) is 48.1 Å². The van der Waals surface area contributed by atoms with Gasteiger partial charge in [-0.15, -0.1) is 11.3 Å². The van der Waals surface area contributed by atoms with Gasteiger partial charge in [-0.1, -0.05) is 12.8 Å². The van der Waals surface area contributed by atoms with Crippen LogP contribution in [-0.4, -0.2) is 38.7 Å². The quantitative estimate of drug-likeness (QED) is 0.861. The smallest absolute Gasteiger partial charge is 0.211 e. The van der Waals surface area contributed by atoms with Crippen LogP contribution < -0.4 is 0 Å². The van der Waals surface area contributed by atoms with Gasteiger partial charge in [0.1, 0.15) is 0 Å². The molecule has 0 aromatic carbocycles. The van der Waals surface area contributed by atoms with E-state index in [1.54, 1.807) is 18.4 Å². The van der Waals surface area contributed by atoms with Gasteiger partial charge in [0, 0.05) is 24.4 Å². The maximum atomic E-state index is 11.6. The molecule has 0 bridgehead atoms. The Morgan fingerprint density at radius 1 is 1.40 bits per heavy atom. The Bertz CT molecular complexity index is 581. The maximum Gasteiger partial charge on any atom is 0.211 e. The highest BCUT2D eigenvalue weighted by molar-refractivity contribution is 7.88. The maximum absolute atomic E-state index is 11.6. The van der Waals surface area contributed by atoms with Gasteiger partial charge in [-0.05, 0) is 29.9 Å². The van der Waals surface area contributed by atoms with Gasteiger partial charge in [0.2, 0.25) is 10.0 Å². The van der Waals surface area contributed by atoms with E-state index >= 15 is 0 Å². The third-order valence-corrected chi connectivity index (χ3v) is 6.79. The van der Waals surface area contributed by atoms with Crippen molar-refractivity contribution in [2.75, 3.05) is 19.8 Å². The summed E-state index contributed by atoms with van der Waals surface area (Å²) >= 11 is 1.80. The van der Waals surface area contributed by atoms with Crippen molar-refractivity contribution in [3.05, 3.63) is 21.9 Å². The van der Waals surface area contributed by atoms with Gasteiger partial charge < -0.3 is 4.74 Å². The molecule has 4 nitrogen and oxygen atoms in total.